The number of hydrogen-bond acceptors (Lipinski definition) is 4. The molecule has 0 bridgehead atoms. The Morgan fingerprint density at radius 1 is 1.18 bits per heavy atom. The van der Waals surface area contributed by atoms with Gasteiger partial charge in [-0.1, -0.05) is 6.42 Å². The lowest BCUT2D eigenvalue weighted by molar-refractivity contribution is -0.164. The molecule has 1 amide bonds. The Morgan fingerprint density at radius 2 is 1.76 bits per heavy atom. The number of amides is 1. The number of aliphatic carboxylic acids is 1. The van der Waals surface area contributed by atoms with Gasteiger partial charge in [-0.3, -0.25) is 15.0 Å². The average molecular weight is 241 g/mol. The monoisotopic (exact) mass is 241 g/mol. The molecule has 2 fully saturated rings. The molecule has 0 aromatic heterocycles. The maximum atomic E-state index is 12.0. The molecule has 17 heavy (non-hydrogen) atoms. The van der Waals surface area contributed by atoms with E-state index in [0.717, 1.165) is 32.6 Å². The number of nitrogens with one attached hydrogen (secondary N) is 1. The fourth-order valence-electron chi connectivity index (χ4n) is 2.24. The van der Waals surface area contributed by atoms with Gasteiger partial charge in [0.25, 0.3) is 5.91 Å². The Hall–Kier alpha value is -1.14. The highest BCUT2D eigenvalue weighted by Crippen LogP contribution is 2.41. The third-order valence-electron chi connectivity index (χ3n) is 3.81. The summed E-state index contributed by atoms with van der Waals surface area (Å²) >= 11 is 0. The van der Waals surface area contributed by atoms with Crippen LogP contribution in [0.2, 0.25) is 0 Å². The summed E-state index contributed by atoms with van der Waals surface area (Å²) in [5, 5.41) is 11.0. The van der Waals surface area contributed by atoms with Gasteiger partial charge in [0.2, 0.25) is 0 Å². The van der Waals surface area contributed by atoms with Crippen molar-refractivity contribution >= 4 is 11.9 Å². The fourth-order valence-corrected chi connectivity index (χ4v) is 2.24. The summed E-state index contributed by atoms with van der Waals surface area (Å²) in [5.41, 5.74) is 1.59. The smallest absolute Gasteiger partial charge is 0.319 e. The zero-order valence-electron chi connectivity index (χ0n) is 10.1. The quantitative estimate of drug-likeness (QED) is 0.653. The number of hydrogen-bond donors (Lipinski definition) is 2. The Balaban J connectivity index is 1.90. The van der Waals surface area contributed by atoms with E-state index in [0.29, 0.717) is 12.8 Å². The molecular weight excluding hydrogens is 222 g/mol. The minimum atomic E-state index is -1.16. The lowest BCUT2D eigenvalue weighted by Gasteiger charge is -2.39. The molecule has 2 N–H and O–H groups in total. The molecule has 0 aromatic carbocycles. The SMILES string of the molecule is CN1CCN(NC(=O)C2(C(=O)O)CCC2)CC1. The van der Waals surface area contributed by atoms with Gasteiger partial charge in [0, 0.05) is 26.2 Å². The van der Waals surface area contributed by atoms with Crippen molar-refractivity contribution in [2.24, 2.45) is 5.41 Å². The Labute approximate surface area is 101 Å². The topological polar surface area (TPSA) is 72.9 Å². The van der Waals surface area contributed by atoms with E-state index in [9.17, 15) is 9.59 Å². The lowest BCUT2D eigenvalue weighted by atomic mass is 9.68. The Morgan fingerprint density at radius 3 is 2.18 bits per heavy atom. The number of carboxylic acids is 1. The van der Waals surface area contributed by atoms with Crippen LogP contribution < -0.4 is 5.43 Å². The predicted octanol–water partition coefficient (Wildman–Crippen LogP) is -0.480. The number of carbonyl (C=O) groups is 2. The molecule has 0 unspecified atom stereocenters. The molecule has 2 aliphatic rings. The van der Waals surface area contributed by atoms with Crippen LogP contribution in [0.4, 0.5) is 0 Å². The van der Waals surface area contributed by atoms with Crippen LogP contribution >= 0.6 is 0 Å². The second kappa shape index (κ2) is 4.62. The number of rotatable bonds is 3. The first kappa shape index (κ1) is 12.3. The minimum Gasteiger partial charge on any atom is -0.480 e. The van der Waals surface area contributed by atoms with Gasteiger partial charge in [-0.25, -0.2) is 5.01 Å². The van der Waals surface area contributed by atoms with Crippen LogP contribution in [0, 0.1) is 5.41 Å². The van der Waals surface area contributed by atoms with Crippen molar-refractivity contribution in [2.75, 3.05) is 33.2 Å². The van der Waals surface area contributed by atoms with Crippen molar-refractivity contribution in [1.82, 2.24) is 15.3 Å². The summed E-state index contributed by atoms with van der Waals surface area (Å²) < 4.78 is 0. The zero-order valence-corrected chi connectivity index (χ0v) is 10.1. The van der Waals surface area contributed by atoms with Crippen LogP contribution in [0.25, 0.3) is 0 Å². The lowest BCUT2D eigenvalue weighted by Crippen LogP contribution is -2.59. The van der Waals surface area contributed by atoms with Crippen molar-refractivity contribution in [3.63, 3.8) is 0 Å². The third-order valence-corrected chi connectivity index (χ3v) is 3.81. The normalized spacial score (nSPS) is 25.0. The van der Waals surface area contributed by atoms with Gasteiger partial charge in [-0.05, 0) is 19.9 Å². The first-order valence-electron chi connectivity index (χ1n) is 6.02. The van der Waals surface area contributed by atoms with Crippen LogP contribution in [-0.4, -0.2) is 60.1 Å². The fraction of sp³-hybridized carbons (Fsp3) is 0.818. The molecule has 0 spiro atoms. The maximum Gasteiger partial charge on any atom is 0.319 e. The molecule has 1 aliphatic heterocycles. The van der Waals surface area contributed by atoms with Gasteiger partial charge in [-0.2, -0.15) is 0 Å². The van der Waals surface area contributed by atoms with Crippen LogP contribution in [-0.2, 0) is 9.59 Å². The van der Waals surface area contributed by atoms with Crippen molar-refractivity contribution < 1.29 is 14.7 Å². The first-order valence-corrected chi connectivity index (χ1v) is 6.02. The molecule has 0 radical (unpaired) electrons. The highest BCUT2D eigenvalue weighted by molar-refractivity contribution is 6.02. The van der Waals surface area contributed by atoms with E-state index in [-0.39, 0.29) is 5.91 Å². The van der Waals surface area contributed by atoms with Crippen molar-refractivity contribution in [3.8, 4) is 0 Å². The van der Waals surface area contributed by atoms with Gasteiger partial charge in [-0.15, -0.1) is 0 Å². The molecule has 1 saturated heterocycles. The largest absolute Gasteiger partial charge is 0.480 e. The third kappa shape index (κ3) is 2.28. The second-order valence-corrected chi connectivity index (χ2v) is 4.97. The van der Waals surface area contributed by atoms with Crippen molar-refractivity contribution in [2.45, 2.75) is 19.3 Å². The van der Waals surface area contributed by atoms with E-state index in [4.69, 9.17) is 5.11 Å². The molecule has 1 saturated carbocycles. The summed E-state index contributed by atoms with van der Waals surface area (Å²) in [7, 11) is 2.03. The van der Waals surface area contributed by atoms with Crippen molar-refractivity contribution in [3.05, 3.63) is 0 Å². The molecule has 0 atom stereocenters. The maximum absolute atomic E-state index is 12.0. The molecule has 2 rings (SSSR count). The second-order valence-electron chi connectivity index (χ2n) is 4.97. The predicted molar refractivity (Wildman–Crippen MR) is 61.1 cm³/mol. The van der Waals surface area contributed by atoms with Gasteiger partial charge >= 0.3 is 5.97 Å². The summed E-state index contributed by atoms with van der Waals surface area (Å²) in [6.45, 7) is 3.27. The van der Waals surface area contributed by atoms with Gasteiger partial charge < -0.3 is 10.0 Å². The van der Waals surface area contributed by atoms with Crippen LogP contribution in [0.15, 0.2) is 0 Å². The highest BCUT2D eigenvalue weighted by Gasteiger charge is 2.51. The molecule has 6 heteroatoms. The Kier molecular flexibility index (Phi) is 3.35. The molecular formula is C11H19N3O3. The van der Waals surface area contributed by atoms with Crippen molar-refractivity contribution in [1.29, 1.82) is 0 Å². The average Bonchev–Trinajstić information content (AvgIpc) is 2.19. The summed E-state index contributed by atoms with van der Waals surface area (Å²) in [6.07, 6.45) is 1.74. The standard InChI is InChI=1S/C11H19N3O3/c1-13-5-7-14(8-6-13)12-9(15)11(10(16)17)3-2-4-11/h2-8H2,1H3,(H,12,15)(H,16,17). The highest BCUT2D eigenvalue weighted by atomic mass is 16.4. The molecule has 96 valence electrons. The van der Waals surface area contributed by atoms with Gasteiger partial charge in [0.15, 0.2) is 0 Å². The van der Waals surface area contributed by atoms with Crippen LogP contribution in [0.1, 0.15) is 19.3 Å². The Bertz CT molecular complexity index is 320. The van der Waals surface area contributed by atoms with E-state index in [1.165, 1.54) is 0 Å². The van der Waals surface area contributed by atoms with Gasteiger partial charge in [0.05, 0.1) is 0 Å². The molecule has 1 heterocycles. The molecule has 6 nitrogen and oxygen atoms in total. The van der Waals surface area contributed by atoms with Gasteiger partial charge in [0.1, 0.15) is 5.41 Å². The number of carbonyl (C=O) groups excluding carboxylic acids is 1. The number of nitrogens with zero attached hydrogens (tertiary/aromatic N) is 2. The van der Waals surface area contributed by atoms with E-state index >= 15 is 0 Å². The van der Waals surface area contributed by atoms with E-state index in [1.54, 1.807) is 0 Å². The van der Waals surface area contributed by atoms with E-state index in [2.05, 4.69) is 10.3 Å². The van der Waals surface area contributed by atoms with E-state index in [1.807, 2.05) is 12.1 Å². The number of likely N-dealkylation sites (N-methyl/N-ethyl adjacent to an activating group) is 1. The number of piperazine rings is 1. The first-order chi connectivity index (χ1) is 8.04. The van der Waals surface area contributed by atoms with E-state index < -0.39 is 11.4 Å². The van der Waals surface area contributed by atoms with Crippen LogP contribution in [0.5, 0.6) is 0 Å². The van der Waals surface area contributed by atoms with Crippen LogP contribution in [0.3, 0.4) is 0 Å². The minimum absolute atomic E-state index is 0.346. The number of hydrazine groups is 1. The summed E-state index contributed by atoms with van der Waals surface area (Å²) in [5.74, 6) is -1.34. The summed E-state index contributed by atoms with van der Waals surface area (Å²) in [6, 6.07) is 0. The number of carboxylic acid groups (broad SMARTS) is 1. The summed E-state index contributed by atoms with van der Waals surface area (Å²) in [4.78, 5) is 25.3. The molecule has 0 aromatic rings. The molecule has 1 aliphatic carbocycles. The zero-order chi connectivity index (χ0) is 12.5.